The molecule has 1 saturated heterocycles. The Morgan fingerprint density at radius 1 is 1.11 bits per heavy atom. The predicted octanol–water partition coefficient (Wildman–Crippen LogP) is 3.23. The van der Waals surface area contributed by atoms with Gasteiger partial charge < -0.3 is 9.30 Å². The molecule has 2 aliphatic rings. The first-order chi connectivity index (χ1) is 13.1. The average molecular weight is 408 g/mol. The zero-order valence-electron chi connectivity index (χ0n) is 15.5. The standard InChI is InChI=1S/C19H25N3O3S2/c1-15-14-26-19(22(15)17-4-2-3-5-17)20-16-6-8-18(9-7-16)27(23,24)21-10-12-25-13-11-21/h6-9,14,17H,2-5,10-13H2,1H3. The van der Waals surface area contributed by atoms with Gasteiger partial charge in [-0.05, 0) is 44.0 Å². The highest BCUT2D eigenvalue weighted by Crippen LogP contribution is 2.30. The Labute approximate surface area is 164 Å². The normalized spacial score (nSPS) is 20.4. The van der Waals surface area contributed by atoms with E-state index in [0.29, 0.717) is 37.2 Å². The summed E-state index contributed by atoms with van der Waals surface area (Å²) in [5, 5.41) is 2.15. The van der Waals surface area contributed by atoms with Gasteiger partial charge in [-0.2, -0.15) is 4.31 Å². The lowest BCUT2D eigenvalue weighted by atomic mass is 10.2. The first kappa shape index (κ1) is 18.9. The summed E-state index contributed by atoms with van der Waals surface area (Å²) in [6.45, 7) is 3.84. The highest BCUT2D eigenvalue weighted by atomic mass is 32.2. The summed E-state index contributed by atoms with van der Waals surface area (Å²) in [5.41, 5.74) is 2.03. The van der Waals surface area contributed by atoms with Crippen LogP contribution in [0.3, 0.4) is 0 Å². The Hall–Kier alpha value is -1.48. The van der Waals surface area contributed by atoms with Crippen LogP contribution < -0.4 is 4.80 Å². The summed E-state index contributed by atoms with van der Waals surface area (Å²) in [6.07, 6.45) is 4.98. The summed E-state index contributed by atoms with van der Waals surface area (Å²) in [5.74, 6) is 0. The number of aromatic nitrogens is 1. The van der Waals surface area contributed by atoms with Gasteiger partial charge in [0.15, 0.2) is 4.80 Å². The van der Waals surface area contributed by atoms with Gasteiger partial charge >= 0.3 is 0 Å². The molecule has 1 aliphatic heterocycles. The number of ether oxygens (including phenoxy) is 1. The van der Waals surface area contributed by atoms with Crippen LogP contribution in [0.25, 0.3) is 0 Å². The highest BCUT2D eigenvalue weighted by Gasteiger charge is 2.26. The summed E-state index contributed by atoms with van der Waals surface area (Å²) >= 11 is 1.65. The minimum atomic E-state index is -3.46. The molecule has 0 amide bonds. The second-order valence-electron chi connectivity index (χ2n) is 7.09. The summed E-state index contributed by atoms with van der Waals surface area (Å²) in [6, 6.07) is 7.44. The third kappa shape index (κ3) is 3.89. The topological polar surface area (TPSA) is 63.9 Å². The molecule has 1 aromatic heterocycles. The largest absolute Gasteiger partial charge is 0.379 e. The van der Waals surface area contributed by atoms with E-state index in [1.54, 1.807) is 35.6 Å². The van der Waals surface area contributed by atoms with Crippen molar-refractivity contribution in [2.45, 2.75) is 43.5 Å². The lowest BCUT2D eigenvalue weighted by Crippen LogP contribution is -2.40. The van der Waals surface area contributed by atoms with Crippen molar-refractivity contribution in [3.05, 3.63) is 40.1 Å². The molecule has 0 N–H and O–H groups in total. The van der Waals surface area contributed by atoms with E-state index in [-0.39, 0.29) is 0 Å². The molecule has 0 unspecified atom stereocenters. The number of morpholine rings is 1. The number of benzene rings is 1. The van der Waals surface area contributed by atoms with Crippen molar-refractivity contribution in [3.8, 4) is 0 Å². The molecule has 0 radical (unpaired) electrons. The van der Waals surface area contributed by atoms with E-state index < -0.39 is 10.0 Å². The van der Waals surface area contributed by atoms with Crippen molar-refractivity contribution in [1.82, 2.24) is 8.87 Å². The van der Waals surface area contributed by atoms with E-state index in [4.69, 9.17) is 9.73 Å². The molecule has 146 valence electrons. The van der Waals surface area contributed by atoms with Crippen LogP contribution in [0.1, 0.15) is 37.4 Å². The molecular weight excluding hydrogens is 382 g/mol. The van der Waals surface area contributed by atoms with Gasteiger partial charge in [0.05, 0.1) is 23.8 Å². The van der Waals surface area contributed by atoms with Gasteiger partial charge in [0.2, 0.25) is 10.0 Å². The molecule has 1 saturated carbocycles. The fourth-order valence-electron chi connectivity index (χ4n) is 3.83. The van der Waals surface area contributed by atoms with Crippen LogP contribution in [0, 0.1) is 6.92 Å². The predicted molar refractivity (Wildman–Crippen MR) is 106 cm³/mol. The number of aryl methyl sites for hydroxylation is 1. The summed E-state index contributed by atoms with van der Waals surface area (Å²) in [4.78, 5) is 6.10. The van der Waals surface area contributed by atoms with E-state index in [2.05, 4.69) is 16.9 Å². The Kier molecular flexibility index (Phi) is 5.50. The van der Waals surface area contributed by atoms with Crippen molar-refractivity contribution in [2.75, 3.05) is 26.3 Å². The zero-order valence-corrected chi connectivity index (χ0v) is 17.1. The molecule has 1 aromatic carbocycles. The number of rotatable bonds is 4. The Balaban J connectivity index is 1.61. The van der Waals surface area contributed by atoms with Crippen LogP contribution >= 0.6 is 11.3 Å². The average Bonchev–Trinajstić information content (AvgIpc) is 3.33. The lowest BCUT2D eigenvalue weighted by Gasteiger charge is -2.26. The minimum Gasteiger partial charge on any atom is -0.379 e. The molecule has 2 fully saturated rings. The van der Waals surface area contributed by atoms with Crippen molar-refractivity contribution >= 4 is 27.0 Å². The van der Waals surface area contributed by atoms with Gasteiger partial charge in [-0.25, -0.2) is 13.4 Å². The van der Waals surface area contributed by atoms with Gasteiger partial charge in [0.1, 0.15) is 0 Å². The second kappa shape index (κ2) is 7.87. The van der Waals surface area contributed by atoms with Crippen molar-refractivity contribution in [1.29, 1.82) is 0 Å². The highest BCUT2D eigenvalue weighted by molar-refractivity contribution is 7.89. The molecule has 27 heavy (non-hydrogen) atoms. The monoisotopic (exact) mass is 407 g/mol. The maximum Gasteiger partial charge on any atom is 0.243 e. The molecule has 4 rings (SSSR count). The van der Waals surface area contributed by atoms with E-state index in [9.17, 15) is 8.42 Å². The molecule has 0 bridgehead atoms. The van der Waals surface area contributed by atoms with Crippen LogP contribution in [0.5, 0.6) is 0 Å². The minimum absolute atomic E-state index is 0.314. The smallest absolute Gasteiger partial charge is 0.243 e. The zero-order chi connectivity index (χ0) is 18.9. The SMILES string of the molecule is Cc1csc(=Nc2ccc(S(=O)(=O)N3CCOCC3)cc2)n1C1CCCC1. The van der Waals surface area contributed by atoms with E-state index >= 15 is 0 Å². The maximum absolute atomic E-state index is 12.7. The molecule has 8 heteroatoms. The van der Waals surface area contributed by atoms with Crippen molar-refractivity contribution < 1.29 is 13.2 Å². The summed E-state index contributed by atoms with van der Waals surface area (Å²) in [7, 11) is -3.46. The van der Waals surface area contributed by atoms with E-state index in [1.165, 1.54) is 35.7 Å². The number of hydrogen-bond acceptors (Lipinski definition) is 5. The molecule has 1 aliphatic carbocycles. The molecular formula is C19H25N3O3S2. The first-order valence-corrected chi connectivity index (χ1v) is 11.8. The van der Waals surface area contributed by atoms with Crippen LogP contribution in [0.15, 0.2) is 39.5 Å². The molecule has 6 nitrogen and oxygen atoms in total. The van der Waals surface area contributed by atoms with Crippen LogP contribution in [0.2, 0.25) is 0 Å². The third-order valence-corrected chi connectivity index (χ3v) is 8.15. The Bertz CT molecular complexity index is 949. The number of thiazole rings is 1. The van der Waals surface area contributed by atoms with Gasteiger partial charge in [0, 0.05) is 30.2 Å². The molecule has 0 atom stereocenters. The number of nitrogens with zero attached hydrogens (tertiary/aromatic N) is 3. The van der Waals surface area contributed by atoms with Crippen LogP contribution in [-0.4, -0.2) is 43.6 Å². The summed E-state index contributed by atoms with van der Waals surface area (Å²) < 4.78 is 34.5. The maximum atomic E-state index is 12.7. The molecule has 2 aromatic rings. The van der Waals surface area contributed by atoms with Crippen molar-refractivity contribution in [2.24, 2.45) is 4.99 Å². The Morgan fingerprint density at radius 2 is 1.78 bits per heavy atom. The first-order valence-electron chi connectivity index (χ1n) is 9.45. The Morgan fingerprint density at radius 3 is 2.44 bits per heavy atom. The molecule has 0 spiro atoms. The number of sulfonamides is 1. The van der Waals surface area contributed by atoms with Gasteiger partial charge in [-0.3, -0.25) is 0 Å². The fourth-order valence-corrected chi connectivity index (χ4v) is 6.19. The number of hydrogen-bond donors (Lipinski definition) is 0. The molecule has 2 heterocycles. The fraction of sp³-hybridized carbons (Fsp3) is 0.526. The van der Waals surface area contributed by atoms with E-state index in [0.717, 1.165) is 10.5 Å². The van der Waals surface area contributed by atoms with Crippen LogP contribution in [-0.2, 0) is 14.8 Å². The third-order valence-electron chi connectivity index (χ3n) is 5.28. The second-order valence-corrected chi connectivity index (χ2v) is 9.86. The van der Waals surface area contributed by atoms with E-state index in [1.807, 2.05) is 0 Å². The lowest BCUT2D eigenvalue weighted by molar-refractivity contribution is 0.0730. The van der Waals surface area contributed by atoms with Gasteiger partial charge in [0.25, 0.3) is 0 Å². The van der Waals surface area contributed by atoms with Gasteiger partial charge in [-0.15, -0.1) is 11.3 Å². The van der Waals surface area contributed by atoms with Crippen LogP contribution in [0.4, 0.5) is 5.69 Å². The van der Waals surface area contributed by atoms with Crippen molar-refractivity contribution in [3.63, 3.8) is 0 Å². The quantitative estimate of drug-likeness (QED) is 0.782. The van der Waals surface area contributed by atoms with Gasteiger partial charge in [-0.1, -0.05) is 12.8 Å².